The van der Waals surface area contributed by atoms with Crippen molar-refractivity contribution >= 4 is 21.6 Å². The van der Waals surface area contributed by atoms with E-state index in [2.05, 4.69) is 0 Å². The highest BCUT2D eigenvalue weighted by atomic mass is 32.2. The van der Waals surface area contributed by atoms with Gasteiger partial charge in [0.2, 0.25) is 15.9 Å². The normalized spacial score (nSPS) is 24.3. The van der Waals surface area contributed by atoms with Crippen molar-refractivity contribution in [2.75, 3.05) is 24.5 Å². The Balaban J connectivity index is 1.78. The SMILES string of the molecule is C[C@@H](N)[C@H]1CCCN(S(=O)(=O)c2ccc(N3CCCC3=O)cc2)C1. The van der Waals surface area contributed by atoms with Crippen LogP contribution in [0.15, 0.2) is 29.2 Å². The van der Waals surface area contributed by atoms with E-state index in [9.17, 15) is 13.2 Å². The van der Waals surface area contributed by atoms with Crippen molar-refractivity contribution in [1.82, 2.24) is 4.31 Å². The number of sulfonamides is 1. The third kappa shape index (κ3) is 3.34. The van der Waals surface area contributed by atoms with Crippen molar-refractivity contribution in [3.05, 3.63) is 24.3 Å². The fourth-order valence-corrected chi connectivity index (χ4v) is 5.03. The van der Waals surface area contributed by atoms with Crippen LogP contribution in [0.1, 0.15) is 32.6 Å². The Hall–Kier alpha value is -1.44. The quantitative estimate of drug-likeness (QED) is 0.892. The highest BCUT2D eigenvalue weighted by Gasteiger charge is 2.31. The fourth-order valence-electron chi connectivity index (χ4n) is 3.49. The zero-order valence-electron chi connectivity index (χ0n) is 14.0. The van der Waals surface area contributed by atoms with E-state index in [0.29, 0.717) is 26.1 Å². The Morgan fingerprint density at radius 2 is 1.88 bits per heavy atom. The highest BCUT2D eigenvalue weighted by molar-refractivity contribution is 7.89. The largest absolute Gasteiger partial charge is 0.328 e. The minimum absolute atomic E-state index is 0.00782. The molecule has 0 saturated carbocycles. The van der Waals surface area contributed by atoms with Crippen LogP contribution in [0.3, 0.4) is 0 Å². The van der Waals surface area contributed by atoms with Crippen LogP contribution < -0.4 is 10.6 Å². The molecule has 7 heteroatoms. The summed E-state index contributed by atoms with van der Waals surface area (Å²) in [5, 5.41) is 0. The van der Waals surface area contributed by atoms with Crippen molar-refractivity contribution in [3.8, 4) is 0 Å². The summed E-state index contributed by atoms with van der Waals surface area (Å²) in [6, 6.07) is 6.65. The predicted octanol–water partition coefficient (Wildman–Crippen LogP) is 1.56. The first-order valence-corrected chi connectivity index (χ1v) is 10.00. The van der Waals surface area contributed by atoms with Crippen LogP contribution in [0.25, 0.3) is 0 Å². The van der Waals surface area contributed by atoms with Gasteiger partial charge in [-0.25, -0.2) is 8.42 Å². The van der Waals surface area contributed by atoms with E-state index < -0.39 is 10.0 Å². The molecule has 2 saturated heterocycles. The molecule has 0 aromatic heterocycles. The molecule has 2 atom stereocenters. The van der Waals surface area contributed by atoms with Crippen molar-refractivity contribution < 1.29 is 13.2 Å². The van der Waals surface area contributed by atoms with E-state index in [0.717, 1.165) is 24.9 Å². The number of hydrogen-bond donors (Lipinski definition) is 1. The zero-order chi connectivity index (χ0) is 17.3. The number of nitrogens with two attached hydrogens (primary N) is 1. The smallest absolute Gasteiger partial charge is 0.243 e. The van der Waals surface area contributed by atoms with Crippen LogP contribution >= 0.6 is 0 Å². The van der Waals surface area contributed by atoms with E-state index in [-0.39, 0.29) is 22.8 Å². The molecule has 1 aromatic carbocycles. The van der Waals surface area contributed by atoms with E-state index >= 15 is 0 Å². The second-order valence-electron chi connectivity index (χ2n) is 6.77. The monoisotopic (exact) mass is 351 g/mol. The first-order valence-electron chi connectivity index (χ1n) is 8.56. The van der Waals surface area contributed by atoms with Gasteiger partial charge >= 0.3 is 0 Å². The van der Waals surface area contributed by atoms with E-state index in [4.69, 9.17) is 5.73 Å². The lowest BCUT2D eigenvalue weighted by atomic mass is 9.93. The summed E-state index contributed by atoms with van der Waals surface area (Å²) in [6.45, 7) is 3.65. The number of carbonyl (C=O) groups excluding carboxylic acids is 1. The summed E-state index contributed by atoms with van der Waals surface area (Å²) in [5.41, 5.74) is 6.72. The molecule has 1 aromatic rings. The summed E-state index contributed by atoms with van der Waals surface area (Å²) in [6.07, 6.45) is 3.23. The molecule has 132 valence electrons. The minimum Gasteiger partial charge on any atom is -0.328 e. The standard InChI is InChI=1S/C17H25N3O3S/c1-13(18)14-4-2-10-19(12-14)24(22,23)16-8-6-15(7-9-16)20-11-3-5-17(20)21/h6-9,13-14H,2-5,10-12,18H2,1H3/t13-,14+/m1/s1. The maximum Gasteiger partial charge on any atom is 0.243 e. The Morgan fingerprint density at radius 1 is 1.17 bits per heavy atom. The second-order valence-corrected chi connectivity index (χ2v) is 8.71. The molecular formula is C17H25N3O3S. The lowest BCUT2D eigenvalue weighted by Gasteiger charge is -2.33. The number of amides is 1. The number of carbonyl (C=O) groups is 1. The molecule has 1 amide bonds. The molecule has 0 bridgehead atoms. The molecule has 2 aliphatic rings. The number of piperidine rings is 1. The molecule has 2 fully saturated rings. The Kier molecular flexibility index (Phi) is 4.94. The van der Waals surface area contributed by atoms with Crippen LogP contribution in [0.5, 0.6) is 0 Å². The van der Waals surface area contributed by atoms with Gasteiger partial charge in [-0.2, -0.15) is 4.31 Å². The van der Waals surface area contributed by atoms with Crippen LogP contribution in [0, 0.1) is 5.92 Å². The summed E-state index contributed by atoms with van der Waals surface area (Å²) in [7, 11) is -3.51. The zero-order valence-corrected chi connectivity index (χ0v) is 14.8. The van der Waals surface area contributed by atoms with Gasteiger partial charge in [-0.3, -0.25) is 4.79 Å². The average molecular weight is 351 g/mol. The molecule has 0 spiro atoms. The van der Waals surface area contributed by atoms with Gasteiger partial charge in [0.15, 0.2) is 0 Å². The van der Waals surface area contributed by atoms with Gasteiger partial charge in [0.05, 0.1) is 4.90 Å². The summed E-state index contributed by atoms with van der Waals surface area (Å²) >= 11 is 0. The summed E-state index contributed by atoms with van der Waals surface area (Å²) in [4.78, 5) is 13.8. The molecule has 0 aliphatic carbocycles. The third-order valence-corrected chi connectivity index (χ3v) is 6.90. The molecule has 2 N–H and O–H groups in total. The van der Waals surface area contributed by atoms with Gasteiger partial charge in [-0.1, -0.05) is 0 Å². The van der Waals surface area contributed by atoms with Crippen molar-refractivity contribution in [2.24, 2.45) is 11.7 Å². The van der Waals surface area contributed by atoms with Gasteiger partial charge in [-0.15, -0.1) is 0 Å². The summed E-state index contributed by atoms with van der Waals surface area (Å²) < 4.78 is 27.3. The first-order chi connectivity index (χ1) is 11.4. The van der Waals surface area contributed by atoms with Gasteiger partial charge in [-0.05, 0) is 56.4 Å². The molecule has 2 heterocycles. The van der Waals surface area contributed by atoms with Crippen LogP contribution in [-0.4, -0.2) is 44.3 Å². The third-order valence-electron chi connectivity index (χ3n) is 5.02. The van der Waals surface area contributed by atoms with Crippen LogP contribution in [0.4, 0.5) is 5.69 Å². The van der Waals surface area contributed by atoms with E-state index in [1.165, 1.54) is 0 Å². The Bertz CT molecular complexity index is 700. The highest BCUT2D eigenvalue weighted by Crippen LogP contribution is 2.27. The number of anilines is 1. The van der Waals surface area contributed by atoms with Gasteiger partial charge < -0.3 is 10.6 Å². The van der Waals surface area contributed by atoms with E-state index in [1.54, 1.807) is 33.5 Å². The molecule has 2 aliphatic heterocycles. The predicted molar refractivity (Wildman–Crippen MR) is 93.2 cm³/mol. The molecule has 3 rings (SSSR count). The maximum absolute atomic E-state index is 12.9. The van der Waals surface area contributed by atoms with Gasteiger partial charge in [0.1, 0.15) is 0 Å². The number of hydrogen-bond acceptors (Lipinski definition) is 4. The van der Waals surface area contributed by atoms with E-state index in [1.807, 2.05) is 6.92 Å². The van der Waals surface area contributed by atoms with Gasteiger partial charge in [0.25, 0.3) is 0 Å². The Morgan fingerprint density at radius 3 is 2.46 bits per heavy atom. The molecular weight excluding hydrogens is 326 g/mol. The fraction of sp³-hybridized carbons (Fsp3) is 0.588. The second kappa shape index (κ2) is 6.82. The molecule has 6 nitrogen and oxygen atoms in total. The number of benzene rings is 1. The Labute approximate surface area is 143 Å². The van der Waals surface area contributed by atoms with Crippen molar-refractivity contribution in [1.29, 1.82) is 0 Å². The van der Waals surface area contributed by atoms with Crippen LogP contribution in [0.2, 0.25) is 0 Å². The molecule has 0 radical (unpaired) electrons. The maximum atomic E-state index is 12.9. The molecule has 0 unspecified atom stereocenters. The lowest BCUT2D eigenvalue weighted by Crippen LogP contribution is -2.44. The first kappa shape index (κ1) is 17.4. The molecule has 24 heavy (non-hydrogen) atoms. The topological polar surface area (TPSA) is 83.7 Å². The number of nitrogens with zero attached hydrogens (tertiary/aromatic N) is 2. The lowest BCUT2D eigenvalue weighted by molar-refractivity contribution is -0.117. The number of rotatable bonds is 4. The van der Waals surface area contributed by atoms with Crippen molar-refractivity contribution in [3.63, 3.8) is 0 Å². The van der Waals surface area contributed by atoms with Gasteiger partial charge in [0, 0.05) is 37.8 Å². The van der Waals surface area contributed by atoms with Crippen LogP contribution in [-0.2, 0) is 14.8 Å². The van der Waals surface area contributed by atoms with Crippen molar-refractivity contribution in [2.45, 2.75) is 43.5 Å². The minimum atomic E-state index is -3.51. The summed E-state index contributed by atoms with van der Waals surface area (Å²) in [5.74, 6) is 0.302. The average Bonchev–Trinajstić information content (AvgIpc) is 3.01.